The van der Waals surface area contributed by atoms with Crippen LogP contribution in [0.25, 0.3) is 0 Å². The quantitative estimate of drug-likeness (QED) is 0.889. The number of aromatic nitrogens is 1. The molecule has 0 aliphatic carbocycles. The molecule has 18 heavy (non-hydrogen) atoms. The smallest absolute Gasteiger partial charge is 0.309 e. The fourth-order valence-corrected chi connectivity index (χ4v) is 2.34. The Morgan fingerprint density at radius 1 is 1.44 bits per heavy atom. The predicted molar refractivity (Wildman–Crippen MR) is 69.2 cm³/mol. The van der Waals surface area contributed by atoms with Crippen molar-refractivity contribution >= 4 is 5.97 Å². The SMILES string of the molecule is Cc1cccc(CN2CCC(C)(C(=O)O)CC2)n1. The number of pyridine rings is 1. The number of aryl methyl sites for hydroxylation is 1. The molecule has 4 heteroatoms. The molecule has 0 aromatic carbocycles. The minimum atomic E-state index is -0.671. The Balaban J connectivity index is 1.93. The molecule has 0 spiro atoms. The van der Waals surface area contributed by atoms with Crippen molar-refractivity contribution < 1.29 is 9.90 Å². The Hall–Kier alpha value is -1.42. The van der Waals surface area contributed by atoms with Gasteiger partial charge in [0.25, 0.3) is 0 Å². The molecule has 1 N–H and O–H groups in total. The van der Waals surface area contributed by atoms with Crippen molar-refractivity contribution in [1.82, 2.24) is 9.88 Å². The van der Waals surface area contributed by atoms with E-state index in [1.165, 1.54) is 0 Å². The lowest BCUT2D eigenvalue weighted by Crippen LogP contribution is -2.42. The molecule has 1 saturated heterocycles. The van der Waals surface area contributed by atoms with Gasteiger partial charge in [-0.25, -0.2) is 0 Å². The van der Waals surface area contributed by atoms with Gasteiger partial charge in [0.2, 0.25) is 0 Å². The monoisotopic (exact) mass is 248 g/mol. The maximum Gasteiger partial charge on any atom is 0.309 e. The van der Waals surface area contributed by atoms with Crippen LogP contribution in [0.4, 0.5) is 0 Å². The molecular weight excluding hydrogens is 228 g/mol. The van der Waals surface area contributed by atoms with Gasteiger partial charge in [0, 0.05) is 12.2 Å². The van der Waals surface area contributed by atoms with Crippen molar-refractivity contribution in [2.75, 3.05) is 13.1 Å². The minimum Gasteiger partial charge on any atom is -0.481 e. The van der Waals surface area contributed by atoms with E-state index in [9.17, 15) is 9.90 Å². The Kier molecular flexibility index (Phi) is 3.66. The molecular formula is C14H20N2O2. The summed E-state index contributed by atoms with van der Waals surface area (Å²) in [6, 6.07) is 6.03. The summed E-state index contributed by atoms with van der Waals surface area (Å²) in [6.07, 6.45) is 1.43. The van der Waals surface area contributed by atoms with E-state index in [-0.39, 0.29) is 0 Å². The van der Waals surface area contributed by atoms with E-state index in [1.807, 2.05) is 32.0 Å². The maximum atomic E-state index is 11.2. The van der Waals surface area contributed by atoms with E-state index in [1.54, 1.807) is 0 Å². The summed E-state index contributed by atoms with van der Waals surface area (Å²) < 4.78 is 0. The van der Waals surface area contributed by atoms with Gasteiger partial charge in [-0.1, -0.05) is 6.07 Å². The standard InChI is InChI=1S/C14H20N2O2/c1-11-4-3-5-12(15-11)10-16-8-6-14(2,7-9-16)13(17)18/h3-5H,6-10H2,1-2H3,(H,17,18). The van der Waals surface area contributed by atoms with Crippen LogP contribution in [0.2, 0.25) is 0 Å². The van der Waals surface area contributed by atoms with E-state index < -0.39 is 11.4 Å². The predicted octanol–water partition coefficient (Wildman–Crippen LogP) is 2.08. The van der Waals surface area contributed by atoms with Crippen molar-refractivity contribution in [3.8, 4) is 0 Å². The Morgan fingerprint density at radius 3 is 2.67 bits per heavy atom. The van der Waals surface area contributed by atoms with Crippen molar-refractivity contribution in [1.29, 1.82) is 0 Å². The molecule has 98 valence electrons. The zero-order valence-electron chi connectivity index (χ0n) is 11.0. The summed E-state index contributed by atoms with van der Waals surface area (Å²) in [7, 11) is 0. The number of hydrogen-bond acceptors (Lipinski definition) is 3. The molecule has 1 aromatic rings. The van der Waals surface area contributed by atoms with Crippen LogP contribution in [-0.4, -0.2) is 34.0 Å². The van der Waals surface area contributed by atoms with Gasteiger partial charge in [-0.05, 0) is 51.9 Å². The summed E-state index contributed by atoms with van der Waals surface area (Å²) in [5.41, 5.74) is 1.55. The van der Waals surface area contributed by atoms with Crippen LogP contribution >= 0.6 is 0 Å². The Morgan fingerprint density at radius 2 is 2.11 bits per heavy atom. The first kappa shape index (κ1) is 13.0. The van der Waals surface area contributed by atoms with Gasteiger partial charge < -0.3 is 5.11 Å². The molecule has 0 unspecified atom stereocenters. The van der Waals surface area contributed by atoms with E-state index >= 15 is 0 Å². The van der Waals surface area contributed by atoms with Gasteiger partial charge in [-0.2, -0.15) is 0 Å². The average molecular weight is 248 g/mol. The summed E-state index contributed by atoms with van der Waals surface area (Å²) in [5.74, 6) is -0.671. The largest absolute Gasteiger partial charge is 0.481 e. The average Bonchev–Trinajstić information content (AvgIpc) is 2.32. The van der Waals surface area contributed by atoms with E-state index in [0.29, 0.717) is 12.8 Å². The van der Waals surface area contributed by atoms with Crippen molar-refractivity contribution in [3.05, 3.63) is 29.6 Å². The topological polar surface area (TPSA) is 53.4 Å². The molecule has 0 amide bonds. The summed E-state index contributed by atoms with van der Waals surface area (Å²) >= 11 is 0. The third-order valence-electron chi connectivity index (χ3n) is 3.81. The lowest BCUT2D eigenvalue weighted by atomic mass is 9.80. The zero-order valence-corrected chi connectivity index (χ0v) is 11.0. The van der Waals surface area contributed by atoms with E-state index in [2.05, 4.69) is 9.88 Å². The molecule has 1 aliphatic rings. The van der Waals surface area contributed by atoms with Crippen LogP contribution in [-0.2, 0) is 11.3 Å². The molecule has 1 aromatic heterocycles. The van der Waals surface area contributed by atoms with Gasteiger partial charge in [0.15, 0.2) is 0 Å². The highest BCUT2D eigenvalue weighted by Gasteiger charge is 2.36. The normalized spacial score (nSPS) is 19.7. The van der Waals surface area contributed by atoms with Gasteiger partial charge in [0.05, 0.1) is 11.1 Å². The lowest BCUT2D eigenvalue weighted by molar-refractivity contribution is -0.150. The highest BCUT2D eigenvalue weighted by Crippen LogP contribution is 2.31. The van der Waals surface area contributed by atoms with Crippen molar-refractivity contribution in [2.24, 2.45) is 5.41 Å². The number of carboxylic acid groups (broad SMARTS) is 1. The number of aliphatic carboxylic acids is 1. The summed E-state index contributed by atoms with van der Waals surface area (Å²) in [5, 5.41) is 9.18. The molecule has 0 radical (unpaired) electrons. The van der Waals surface area contributed by atoms with Crippen LogP contribution in [0.15, 0.2) is 18.2 Å². The van der Waals surface area contributed by atoms with Crippen LogP contribution in [0.1, 0.15) is 31.2 Å². The van der Waals surface area contributed by atoms with Gasteiger partial charge in [-0.3, -0.25) is 14.7 Å². The number of hydrogen-bond donors (Lipinski definition) is 1. The molecule has 1 aliphatic heterocycles. The number of rotatable bonds is 3. The number of carbonyl (C=O) groups is 1. The third-order valence-corrected chi connectivity index (χ3v) is 3.81. The highest BCUT2D eigenvalue weighted by molar-refractivity contribution is 5.74. The number of likely N-dealkylation sites (tertiary alicyclic amines) is 1. The highest BCUT2D eigenvalue weighted by atomic mass is 16.4. The third kappa shape index (κ3) is 2.88. The summed E-state index contributed by atoms with van der Waals surface area (Å²) in [6.45, 7) is 6.31. The fourth-order valence-electron chi connectivity index (χ4n) is 2.34. The van der Waals surface area contributed by atoms with Crippen LogP contribution in [0.5, 0.6) is 0 Å². The summed E-state index contributed by atoms with van der Waals surface area (Å²) in [4.78, 5) is 17.9. The molecule has 2 heterocycles. The number of nitrogens with zero attached hydrogens (tertiary/aromatic N) is 2. The van der Waals surface area contributed by atoms with Gasteiger partial charge >= 0.3 is 5.97 Å². The molecule has 0 bridgehead atoms. The Labute approximate surface area is 108 Å². The van der Waals surface area contributed by atoms with Crippen LogP contribution in [0.3, 0.4) is 0 Å². The van der Waals surface area contributed by atoms with Crippen molar-refractivity contribution in [2.45, 2.75) is 33.2 Å². The molecule has 0 atom stereocenters. The van der Waals surface area contributed by atoms with Gasteiger partial charge in [0.1, 0.15) is 0 Å². The second-order valence-electron chi connectivity index (χ2n) is 5.41. The van der Waals surface area contributed by atoms with Crippen LogP contribution < -0.4 is 0 Å². The molecule has 1 fully saturated rings. The molecule has 4 nitrogen and oxygen atoms in total. The van der Waals surface area contributed by atoms with Crippen molar-refractivity contribution in [3.63, 3.8) is 0 Å². The minimum absolute atomic E-state index is 0.545. The van der Waals surface area contributed by atoms with Gasteiger partial charge in [-0.15, -0.1) is 0 Å². The first-order valence-electron chi connectivity index (χ1n) is 6.38. The van der Waals surface area contributed by atoms with E-state index in [0.717, 1.165) is 31.0 Å². The molecule has 2 rings (SSSR count). The van der Waals surface area contributed by atoms with E-state index in [4.69, 9.17) is 0 Å². The first-order chi connectivity index (χ1) is 8.49. The molecule has 0 saturated carbocycles. The van der Waals surface area contributed by atoms with Crippen LogP contribution in [0, 0.1) is 12.3 Å². The number of piperidine rings is 1. The second-order valence-corrected chi connectivity index (χ2v) is 5.41. The maximum absolute atomic E-state index is 11.2. The Bertz CT molecular complexity index is 437. The fraction of sp³-hybridized carbons (Fsp3) is 0.571. The number of carboxylic acids is 1. The first-order valence-corrected chi connectivity index (χ1v) is 6.38. The lowest BCUT2D eigenvalue weighted by Gasteiger charge is -2.36. The zero-order chi connectivity index (χ0) is 13.2. The second kappa shape index (κ2) is 5.06.